The van der Waals surface area contributed by atoms with Gasteiger partial charge < -0.3 is 4.74 Å². The van der Waals surface area contributed by atoms with Gasteiger partial charge in [-0.05, 0) is 30.3 Å². The molecule has 3 heteroatoms. The van der Waals surface area contributed by atoms with E-state index in [-0.39, 0.29) is 5.78 Å². The van der Waals surface area contributed by atoms with Crippen molar-refractivity contribution in [2.24, 2.45) is 0 Å². The second-order valence-electron chi connectivity index (χ2n) is 4.82. The molecule has 21 heavy (non-hydrogen) atoms. The van der Waals surface area contributed by atoms with Gasteiger partial charge in [-0.3, -0.25) is 9.78 Å². The monoisotopic (exact) mass is 277 g/mol. The molecular formula is C18H15NO2. The Kier molecular flexibility index (Phi) is 3.65. The summed E-state index contributed by atoms with van der Waals surface area (Å²) in [4.78, 5) is 16.7. The van der Waals surface area contributed by atoms with E-state index in [0.29, 0.717) is 12.0 Å². The molecule has 0 atom stereocenters. The van der Waals surface area contributed by atoms with E-state index in [9.17, 15) is 4.79 Å². The molecule has 3 aromatic rings. The molecule has 3 rings (SSSR count). The van der Waals surface area contributed by atoms with Crippen LogP contribution in [0.1, 0.15) is 15.9 Å². The molecule has 0 aliphatic rings. The highest BCUT2D eigenvalue weighted by Gasteiger charge is 2.11. The van der Waals surface area contributed by atoms with E-state index < -0.39 is 0 Å². The standard InChI is InChI=1S/C18H15NO2/c1-21-18-7-3-2-5-15(18)12-17(20)14-8-9-16-13(11-14)6-4-10-19-16/h2-11H,12H2,1H3. The van der Waals surface area contributed by atoms with Gasteiger partial charge in [0.25, 0.3) is 0 Å². The Morgan fingerprint density at radius 3 is 2.81 bits per heavy atom. The number of nitrogens with zero attached hydrogens (tertiary/aromatic N) is 1. The van der Waals surface area contributed by atoms with Gasteiger partial charge in [0.1, 0.15) is 5.75 Å². The molecule has 0 radical (unpaired) electrons. The van der Waals surface area contributed by atoms with Crippen LogP contribution >= 0.6 is 0 Å². The summed E-state index contributed by atoms with van der Waals surface area (Å²) in [7, 11) is 1.62. The minimum absolute atomic E-state index is 0.0743. The van der Waals surface area contributed by atoms with Crippen LogP contribution in [-0.4, -0.2) is 17.9 Å². The summed E-state index contributed by atoms with van der Waals surface area (Å²) >= 11 is 0. The highest BCUT2D eigenvalue weighted by Crippen LogP contribution is 2.20. The summed E-state index contributed by atoms with van der Waals surface area (Å²) in [6.07, 6.45) is 2.08. The van der Waals surface area contributed by atoms with Crippen molar-refractivity contribution in [2.45, 2.75) is 6.42 Å². The van der Waals surface area contributed by atoms with Crippen LogP contribution in [0.3, 0.4) is 0 Å². The molecule has 0 aliphatic heterocycles. The zero-order chi connectivity index (χ0) is 14.7. The predicted molar refractivity (Wildman–Crippen MR) is 82.8 cm³/mol. The number of fused-ring (bicyclic) bond motifs is 1. The van der Waals surface area contributed by atoms with Gasteiger partial charge in [-0.15, -0.1) is 0 Å². The van der Waals surface area contributed by atoms with Crippen molar-refractivity contribution in [1.29, 1.82) is 0 Å². The number of ketones is 1. The third-order valence-electron chi connectivity index (χ3n) is 3.47. The minimum atomic E-state index is 0.0743. The van der Waals surface area contributed by atoms with E-state index >= 15 is 0 Å². The number of pyridine rings is 1. The molecule has 1 aromatic heterocycles. The van der Waals surface area contributed by atoms with Crippen molar-refractivity contribution in [3.63, 3.8) is 0 Å². The summed E-state index contributed by atoms with van der Waals surface area (Å²) in [6, 6.07) is 17.0. The summed E-state index contributed by atoms with van der Waals surface area (Å²) in [6.45, 7) is 0. The van der Waals surface area contributed by atoms with E-state index in [4.69, 9.17) is 4.74 Å². The number of hydrogen-bond donors (Lipinski definition) is 0. The van der Waals surface area contributed by atoms with Crippen LogP contribution in [0, 0.1) is 0 Å². The normalized spacial score (nSPS) is 10.5. The maximum absolute atomic E-state index is 12.4. The van der Waals surface area contributed by atoms with Gasteiger partial charge in [-0.2, -0.15) is 0 Å². The molecule has 0 aliphatic carbocycles. The lowest BCUT2D eigenvalue weighted by Gasteiger charge is -2.08. The van der Waals surface area contributed by atoms with Gasteiger partial charge in [0.15, 0.2) is 5.78 Å². The molecule has 0 saturated heterocycles. The van der Waals surface area contributed by atoms with Gasteiger partial charge in [0.2, 0.25) is 0 Å². The third-order valence-corrected chi connectivity index (χ3v) is 3.47. The van der Waals surface area contributed by atoms with Crippen LogP contribution in [0.15, 0.2) is 60.8 Å². The van der Waals surface area contributed by atoms with E-state index in [2.05, 4.69) is 4.98 Å². The molecule has 104 valence electrons. The molecule has 0 N–H and O–H groups in total. The molecule has 3 nitrogen and oxygen atoms in total. The maximum atomic E-state index is 12.4. The van der Waals surface area contributed by atoms with Crippen LogP contribution in [0.2, 0.25) is 0 Å². The maximum Gasteiger partial charge on any atom is 0.167 e. The first-order valence-electron chi connectivity index (χ1n) is 6.78. The number of rotatable bonds is 4. The predicted octanol–water partition coefficient (Wildman–Crippen LogP) is 3.67. The van der Waals surface area contributed by atoms with Crippen LogP contribution in [0.25, 0.3) is 10.9 Å². The average Bonchev–Trinajstić information content (AvgIpc) is 2.55. The fourth-order valence-corrected chi connectivity index (χ4v) is 2.37. The Balaban J connectivity index is 1.90. The summed E-state index contributed by atoms with van der Waals surface area (Å²) < 4.78 is 5.29. The quantitative estimate of drug-likeness (QED) is 0.683. The number of carbonyl (C=O) groups excluding carboxylic acids is 1. The van der Waals surface area contributed by atoms with Crippen molar-refractivity contribution in [1.82, 2.24) is 4.98 Å². The lowest BCUT2D eigenvalue weighted by Crippen LogP contribution is -2.05. The highest BCUT2D eigenvalue weighted by molar-refractivity contribution is 6.00. The molecule has 0 amide bonds. The van der Waals surface area contributed by atoms with E-state index in [1.807, 2.05) is 54.6 Å². The fourth-order valence-electron chi connectivity index (χ4n) is 2.37. The SMILES string of the molecule is COc1ccccc1CC(=O)c1ccc2ncccc2c1. The van der Waals surface area contributed by atoms with E-state index in [1.54, 1.807) is 13.3 Å². The summed E-state index contributed by atoms with van der Waals surface area (Å²) in [5.41, 5.74) is 2.49. The molecule has 0 spiro atoms. The number of methoxy groups -OCH3 is 1. The first-order chi connectivity index (χ1) is 10.3. The Morgan fingerprint density at radius 1 is 1.10 bits per heavy atom. The number of aromatic nitrogens is 1. The third kappa shape index (κ3) is 2.77. The van der Waals surface area contributed by atoms with Gasteiger partial charge in [-0.1, -0.05) is 24.3 Å². The van der Waals surface area contributed by atoms with Crippen LogP contribution in [-0.2, 0) is 6.42 Å². The zero-order valence-electron chi connectivity index (χ0n) is 11.7. The van der Waals surface area contributed by atoms with E-state index in [0.717, 1.165) is 22.2 Å². The van der Waals surface area contributed by atoms with Crippen molar-refractivity contribution in [3.05, 3.63) is 71.9 Å². The number of Topliss-reactive ketones (excluding diaryl/α,β-unsaturated/α-hetero) is 1. The van der Waals surface area contributed by atoms with Crippen molar-refractivity contribution < 1.29 is 9.53 Å². The Hall–Kier alpha value is -2.68. The highest BCUT2D eigenvalue weighted by atomic mass is 16.5. The molecular weight excluding hydrogens is 262 g/mol. The molecule has 0 bridgehead atoms. The average molecular weight is 277 g/mol. The van der Waals surface area contributed by atoms with Crippen LogP contribution < -0.4 is 4.74 Å². The lowest BCUT2D eigenvalue weighted by molar-refractivity contribution is 0.0992. The second kappa shape index (κ2) is 5.75. The first-order valence-corrected chi connectivity index (χ1v) is 6.78. The van der Waals surface area contributed by atoms with Crippen molar-refractivity contribution in [3.8, 4) is 5.75 Å². The number of ether oxygens (including phenoxy) is 1. The minimum Gasteiger partial charge on any atom is -0.496 e. The van der Waals surface area contributed by atoms with Gasteiger partial charge in [-0.25, -0.2) is 0 Å². The Morgan fingerprint density at radius 2 is 1.95 bits per heavy atom. The molecule has 2 aromatic carbocycles. The zero-order valence-corrected chi connectivity index (χ0v) is 11.7. The summed E-state index contributed by atoms with van der Waals surface area (Å²) in [5, 5.41) is 0.975. The van der Waals surface area contributed by atoms with Crippen molar-refractivity contribution >= 4 is 16.7 Å². The van der Waals surface area contributed by atoms with Gasteiger partial charge >= 0.3 is 0 Å². The summed E-state index contributed by atoms with van der Waals surface area (Å²) in [5.74, 6) is 0.818. The number of hydrogen-bond acceptors (Lipinski definition) is 3. The molecule has 1 heterocycles. The second-order valence-corrected chi connectivity index (χ2v) is 4.82. The fraction of sp³-hybridized carbons (Fsp3) is 0.111. The Labute approximate surface area is 123 Å². The number of benzene rings is 2. The van der Waals surface area contributed by atoms with E-state index in [1.165, 1.54) is 0 Å². The molecule has 0 unspecified atom stereocenters. The van der Waals surface area contributed by atoms with Crippen molar-refractivity contribution in [2.75, 3.05) is 7.11 Å². The number of carbonyl (C=O) groups is 1. The Bertz CT molecular complexity index is 796. The molecule has 0 saturated carbocycles. The van der Waals surface area contributed by atoms with Crippen LogP contribution in [0.5, 0.6) is 5.75 Å². The van der Waals surface area contributed by atoms with Gasteiger partial charge in [0, 0.05) is 29.1 Å². The van der Waals surface area contributed by atoms with Gasteiger partial charge in [0.05, 0.1) is 12.6 Å². The topological polar surface area (TPSA) is 39.2 Å². The smallest absolute Gasteiger partial charge is 0.167 e. The van der Waals surface area contributed by atoms with Crippen LogP contribution in [0.4, 0.5) is 0 Å². The molecule has 0 fully saturated rings. The number of para-hydroxylation sites is 1. The first kappa shape index (κ1) is 13.3. The lowest BCUT2D eigenvalue weighted by atomic mass is 10.0. The largest absolute Gasteiger partial charge is 0.496 e.